The first-order valence-electron chi connectivity index (χ1n) is 10.2. The minimum Gasteiger partial charge on any atom is -0.491 e. The molecule has 1 aliphatic carbocycles. The summed E-state index contributed by atoms with van der Waals surface area (Å²) in [5, 5.41) is 0. The summed E-state index contributed by atoms with van der Waals surface area (Å²) in [5.41, 5.74) is 1.31. The average Bonchev–Trinajstić information content (AvgIpc) is 2.78. The van der Waals surface area contributed by atoms with Crippen LogP contribution in [0.1, 0.15) is 42.4 Å². The van der Waals surface area contributed by atoms with Gasteiger partial charge in [0.25, 0.3) is 0 Å². The van der Waals surface area contributed by atoms with Crippen molar-refractivity contribution in [2.75, 3.05) is 6.61 Å². The molecule has 0 aromatic heterocycles. The third-order valence-electron chi connectivity index (χ3n) is 5.62. The van der Waals surface area contributed by atoms with Crippen LogP contribution in [0.2, 0.25) is 0 Å². The molecular weight excluding hydrogens is 404 g/mol. The van der Waals surface area contributed by atoms with Crippen LogP contribution in [0.15, 0.2) is 61.2 Å². The smallest absolute Gasteiger partial charge is 0.171 e. The van der Waals surface area contributed by atoms with Gasteiger partial charge in [0, 0.05) is 16.7 Å². The molecule has 0 fully saturated rings. The zero-order valence-corrected chi connectivity index (χ0v) is 17.1. The predicted molar refractivity (Wildman–Crippen MR) is 115 cm³/mol. The molecule has 0 N–H and O–H groups in total. The number of alkyl halides is 2. The lowest BCUT2D eigenvalue weighted by molar-refractivity contribution is 0.159. The van der Waals surface area contributed by atoms with E-state index in [0.717, 1.165) is 18.4 Å². The number of hydrogen-bond donors (Lipinski definition) is 0. The molecule has 160 valence electrons. The lowest BCUT2D eigenvalue weighted by Gasteiger charge is -2.28. The van der Waals surface area contributed by atoms with Crippen molar-refractivity contribution in [2.24, 2.45) is 0 Å². The zero-order valence-electron chi connectivity index (χ0n) is 17.1. The third-order valence-corrected chi connectivity index (χ3v) is 5.62. The molecule has 1 aliphatic rings. The van der Waals surface area contributed by atoms with Crippen molar-refractivity contribution in [1.82, 2.24) is 0 Å². The van der Waals surface area contributed by atoms with E-state index in [4.69, 9.17) is 4.74 Å². The first-order valence-corrected chi connectivity index (χ1v) is 10.2. The molecule has 3 aromatic rings. The van der Waals surface area contributed by atoms with Crippen LogP contribution in [-0.2, 0) is 6.42 Å². The Balaban J connectivity index is 1.81. The van der Waals surface area contributed by atoms with Crippen molar-refractivity contribution >= 4 is 0 Å². The number of allylic oxidation sites excluding steroid dienone is 1. The molecule has 31 heavy (non-hydrogen) atoms. The minimum atomic E-state index is -2.33. The monoisotopic (exact) mass is 426 g/mol. The Bertz CT molecular complexity index is 1120. The summed E-state index contributed by atoms with van der Waals surface area (Å²) in [7, 11) is 0. The fourth-order valence-electron chi connectivity index (χ4n) is 4.08. The lowest BCUT2D eigenvalue weighted by Crippen LogP contribution is -2.16. The molecular formula is C26H22F4O. The molecule has 0 saturated carbocycles. The first-order chi connectivity index (χ1) is 15.0. The fourth-order valence-corrected chi connectivity index (χ4v) is 4.08. The van der Waals surface area contributed by atoms with Gasteiger partial charge < -0.3 is 4.74 Å². The van der Waals surface area contributed by atoms with Crippen LogP contribution in [0.5, 0.6) is 5.75 Å². The molecule has 4 rings (SSSR count). The van der Waals surface area contributed by atoms with Crippen LogP contribution in [0.4, 0.5) is 17.6 Å². The topological polar surface area (TPSA) is 9.23 Å². The van der Waals surface area contributed by atoms with Gasteiger partial charge in [-0.1, -0.05) is 48.5 Å². The van der Waals surface area contributed by atoms with Crippen molar-refractivity contribution in [3.05, 3.63) is 89.5 Å². The summed E-state index contributed by atoms with van der Waals surface area (Å²) < 4.78 is 65.4. The van der Waals surface area contributed by atoms with Crippen LogP contribution in [0.25, 0.3) is 22.3 Å². The molecule has 5 heteroatoms. The normalized spacial score (nSPS) is 17.1. The highest BCUT2D eigenvalue weighted by Crippen LogP contribution is 2.52. The molecule has 0 heterocycles. The molecule has 1 nitrogen and oxygen atoms in total. The molecule has 0 saturated heterocycles. The van der Waals surface area contributed by atoms with Crippen molar-refractivity contribution in [1.29, 1.82) is 0 Å². The van der Waals surface area contributed by atoms with Crippen molar-refractivity contribution in [2.45, 2.75) is 32.1 Å². The largest absolute Gasteiger partial charge is 0.491 e. The summed E-state index contributed by atoms with van der Waals surface area (Å²) >= 11 is 0. The summed E-state index contributed by atoms with van der Waals surface area (Å²) in [4.78, 5) is 0. The second-order valence-corrected chi connectivity index (χ2v) is 7.49. The quantitative estimate of drug-likeness (QED) is 0.288. The van der Waals surface area contributed by atoms with E-state index in [1.54, 1.807) is 19.1 Å². The van der Waals surface area contributed by atoms with Crippen LogP contribution >= 0.6 is 0 Å². The molecule has 0 radical (unpaired) electrons. The molecule has 0 spiro atoms. The number of fused-ring (bicyclic) bond motifs is 3. The zero-order chi connectivity index (χ0) is 22.1. The van der Waals surface area contributed by atoms with E-state index < -0.39 is 29.5 Å². The number of aryl methyl sites for hydroxylation is 1. The third kappa shape index (κ3) is 3.62. The highest BCUT2D eigenvalue weighted by molar-refractivity contribution is 5.79. The molecule has 2 unspecified atom stereocenters. The van der Waals surface area contributed by atoms with Gasteiger partial charge in [0.05, 0.1) is 6.61 Å². The van der Waals surface area contributed by atoms with Crippen LogP contribution in [-0.4, -0.2) is 6.61 Å². The number of hydrogen-bond acceptors (Lipinski definition) is 1. The Morgan fingerprint density at radius 1 is 0.839 bits per heavy atom. The van der Waals surface area contributed by atoms with E-state index in [9.17, 15) is 8.78 Å². The Morgan fingerprint density at radius 3 is 2.03 bits per heavy atom. The summed E-state index contributed by atoms with van der Waals surface area (Å²) in [5.74, 6) is -1.92. The summed E-state index contributed by atoms with van der Waals surface area (Å²) in [6, 6.07) is 13.1. The van der Waals surface area contributed by atoms with Gasteiger partial charge in [0.1, 0.15) is 5.82 Å². The van der Waals surface area contributed by atoms with Crippen molar-refractivity contribution in [3.63, 3.8) is 0 Å². The Kier molecular flexibility index (Phi) is 5.86. The van der Waals surface area contributed by atoms with Crippen LogP contribution in [0, 0.1) is 11.6 Å². The highest BCUT2D eigenvalue weighted by atomic mass is 19.2. The van der Waals surface area contributed by atoms with E-state index in [-0.39, 0.29) is 34.6 Å². The van der Waals surface area contributed by atoms with Crippen LogP contribution < -0.4 is 4.74 Å². The number of halogens is 4. The van der Waals surface area contributed by atoms with Gasteiger partial charge in [0.2, 0.25) is 0 Å². The number of rotatable bonds is 6. The summed E-state index contributed by atoms with van der Waals surface area (Å²) in [6.45, 7) is 5.55. The van der Waals surface area contributed by atoms with Gasteiger partial charge in [-0.15, -0.1) is 6.58 Å². The summed E-state index contributed by atoms with van der Waals surface area (Å²) in [6.07, 6.45) is -1.17. The minimum absolute atomic E-state index is 0.141. The lowest BCUT2D eigenvalue weighted by atomic mass is 9.81. The SMILES string of the molecule is C=CCCc1ccc(-c2ccc3c(c2F)C(F)C(F)c2c-3ccc(OCC)c2F)cc1. The maximum absolute atomic E-state index is 15.4. The molecule has 3 aromatic carbocycles. The van der Waals surface area contributed by atoms with Gasteiger partial charge in [-0.05, 0) is 48.1 Å². The van der Waals surface area contributed by atoms with Gasteiger partial charge >= 0.3 is 0 Å². The van der Waals surface area contributed by atoms with Gasteiger partial charge in [-0.3, -0.25) is 0 Å². The Hall–Kier alpha value is -3.08. The van der Waals surface area contributed by atoms with E-state index in [1.807, 2.05) is 18.2 Å². The van der Waals surface area contributed by atoms with Gasteiger partial charge in [0.15, 0.2) is 23.9 Å². The first kappa shape index (κ1) is 21.2. The Labute approximate surface area is 179 Å². The second-order valence-electron chi connectivity index (χ2n) is 7.49. The van der Waals surface area contributed by atoms with Crippen molar-refractivity contribution in [3.8, 4) is 28.0 Å². The molecule has 2 atom stereocenters. The predicted octanol–water partition coefficient (Wildman–Crippen LogP) is 7.85. The second kappa shape index (κ2) is 8.58. The standard InChI is InChI=1S/C26H22F4O/c1-3-5-6-15-7-9-16(10-8-15)17-11-12-18-19-13-14-20(31-4-2)24(28)22(19)26(30)25(29)21(18)23(17)27/h3,7-14,25-26H,1,4-6H2,2H3. The maximum Gasteiger partial charge on any atom is 0.171 e. The fraction of sp³-hybridized carbons (Fsp3) is 0.231. The molecule has 0 bridgehead atoms. The van der Waals surface area contributed by atoms with Crippen LogP contribution in [0.3, 0.4) is 0 Å². The number of ether oxygens (including phenoxy) is 1. The van der Waals surface area contributed by atoms with E-state index in [0.29, 0.717) is 5.56 Å². The highest BCUT2D eigenvalue weighted by Gasteiger charge is 2.40. The van der Waals surface area contributed by atoms with E-state index in [2.05, 4.69) is 6.58 Å². The maximum atomic E-state index is 15.4. The molecule has 0 amide bonds. The van der Waals surface area contributed by atoms with E-state index in [1.165, 1.54) is 24.3 Å². The van der Waals surface area contributed by atoms with E-state index >= 15 is 8.78 Å². The molecule has 0 aliphatic heterocycles. The Morgan fingerprint density at radius 2 is 1.42 bits per heavy atom. The number of benzene rings is 3. The van der Waals surface area contributed by atoms with Gasteiger partial charge in [-0.25, -0.2) is 17.6 Å². The van der Waals surface area contributed by atoms with Gasteiger partial charge in [-0.2, -0.15) is 0 Å². The van der Waals surface area contributed by atoms with Crippen molar-refractivity contribution < 1.29 is 22.3 Å². The average molecular weight is 426 g/mol.